The highest BCUT2D eigenvalue weighted by molar-refractivity contribution is 5.21. The number of hydrogen-bond acceptors (Lipinski definition) is 1. The Morgan fingerprint density at radius 1 is 1.27 bits per heavy atom. The molecule has 0 spiro atoms. The summed E-state index contributed by atoms with van der Waals surface area (Å²) in [6.07, 6.45) is -4.36. The summed E-state index contributed by atoms with van der Waals surface area (Å²) in [5.74, 6) is -0.607. The minimum atomic E-state index is -4.36. The third-order valence-corrected chi connectivity index (χ3v) is 1.30. The van der Waals surface area contributed by atoms with Crippen molar-refractivity contribution in [3.8, 4) is 0 Å². The lowest BCUT2D eigenvalue weighted by molar-refractivity contribution is -0.153. The van der Waals surface area contributed by atoms with Crippen LogP contribution in [-0.2, 0) is 6.18 Å². The fraction of sp³-hybridized carbons (Fsp3) is 0.429. The van der Waals surface area contributed by atoms with E-state index >= 15 is 0 Å². The smallest absolute Gasteiger partial charge is 0.449 e. The van der Waals surface area contributed by atoms with Gasteiger partial charge in [-0.2, -0.15) is 13.2 Å². The molecule has 4 heteroatoms. The summed E-state index contributed by atoms with van der Waals surface area (Å²) in [5, 5.41) is 0. The van der Waals surface area contributed by atoms with Crippen LogP contribution >= 0.6 is 0 Å². The molecule has 1 nitrogen and oxygen atoms in total. The zero-order valence-corrected chi connectivity index (χ0v) is 6.12. The zero-order valence-electron chi connectivity index (χ0n) is 6.12. The number of rotatable bonds is 0. The SMILES string of the molecule is Cc1cc(C)c(C(F)(F)F)o1. The quantitative estimate of drug-likeness (QED) is 0.574. The van der Waals surface area contributed by atoms with Gasteiger partial charge in [-0.1, -0.05) is 0 Å². The first kappa shape index (κ1) is 8.17. The first-order valence-corrected chi connectivity index (χ1v) is 3.05. The highest BCUT2D eigenvalue weighted by atomic mass is 19.4. The summed E-state index contributed by atoms with van der Waals surface area (Å²) < 4.78 is 40.4. The highest BCUT2D eigenvalue weighted by Gasteiger charge is 2.36. The Kier molecular flexibility index (Phi) is 1.70. The molecule has 1 heterocycles. The van der Waals surface area contributed by atoms with Gasteiger partial charge in [0.1, 0.15) is 5.76 Å². The van der Waals surface area contributed by atoms with Gasteiger partial charge in [0, 0.05) is 5.56 Å². The molecule has 0 fully saturated rings. The number of hydrogen-bond donors (Lipinski definition) is 0. The Hall–Kier alpha value is -0.930. The summed E-state index contributed by atoms with van der Waals surface area (Å²) in [7, 11) is 0. The zero-order chi connectivity index (χ0) is 8.65. The molecule has 0 bridgehead atoms. The molecular weight excluding hydrogens is 157 g/mol. The van der Waals surface area contributed by atoms with Crippen molar-refractivity contribution in [1.82, 2.24) is 0 Å². The van der Waals surface area contributed by atoms with Gasteiger partial charge in [-0.25, -0.2) is 0 Å². The molecule has 1 aromatic rings. The van der Waals surface area contributed by atoms with E-state index in [-0.39, 0.29) is 11.3 Å². The minimum absolute atomic E-state index is 0.134. The molecule has 0 atom stereocenters. The van der Waals surface area contributed by atoms with Crippen LogP contribution in [-0.4, -0.2) is 0 Å². The molecule has 1 aromatic heterocycles. The van der Waals surface area contributed by atoms with Crippen molar-refractivity contribution in [2.45, 2.75) is 20.0 Å². The van der Waals surface area contributed by atoms with Gasteiger partial charge in [0.25, 0.3) is 0 Å². The fourth-order valence-corrected chi connectivity index (χ4v) is 0.923. The third-order valence-electron chi connectivity index (χ3n) is 1.30. The summed E-state index contributed by atoms with van der Waals surface area (Å²) in [5.41, 5.74) is 0.134. The van der Waals surface area contributed by atoms with Crippen molar-refractivity contribution in [2.24, 2.45) is 0 Å². The first-order chi connectivity index (χ1) is 4.91. The van der Waals surface area contributed by atoms with E-state index in [1.807, 2.05) is 0 Å². The molecule has 1 rings (SSSR count). The molecule has 0 saturated carbocycles. The van der Waals surface area contributed by atoms with Crippen molar-refractivity contribution in [1.29, 1.82) is 0 Å². The molecule has 0 unspecified atom stereocenters. The van der Waals surface area contributed by atoms with Gasteiger partial charge in [0.15, 0.2) is 0 Å². The van der Waals surface area contributed by atoms with E-state index in [1.54, 1.807) is 0 Å². The van der Waals surface area contributed by atoms with Crippen molar-refractivity contribution in [3.05, 3.63) is 23.2 Å². The Bertz CT molecular complexity index is 259. The van der Waals surface area contributed by atoms with Gasteiger partial charge in [-0.15, -0.1) is 0 Å². The van der Waals surface area contributed by atoms with Gasteiger partial charge >= 0.3 is 6.18 Å². The highest BCUT2D eigenvalue weighted by Crippen LogP contribution is 2.33. The lowest BCUT2D eigenvalue weighted by Crippen LogP contribution is -2.04. The fourth-order valence-electron chi connectivity index (χ4n) is 0.923. The van der Waals surface area contributed by atoms with Crippen LogP contribution < -0.4 is 0 Å². The molecule has 0 N–H and O–H groups in total. The largest absolute Gasteiger partial charge is 0.457 e. The maximum absolute atomic E-state index is 12.0. The summed E-state index contributed by atoms with van der Waals surface area (Å²) >= 11 is 0. The average Bonchev–Trinajstić information content (AvgIpc) is 2.08. The second-order valence-corrected chi connectivity index (χ2v) is 2.37. The van der Waals surface area contributed by atoms with Gasteiger partial charge in [0.2, 0.25) is 5.76 Å². The standard InChI is InChI=1S/C7H7F3O/c1-4-3-5(2)11-6(4)7(8,9)10/h3H,1-2H3. The van der Waals surface area contributed by atoms with Gasteiger partial charge < -0.3 is 4.42 Å². The Balaban J connectivity index is 3.13. The van der Waals surface area contributed by atoms with E-state index in [2.05, 4.69) is 4.42 Å². The van der Waals surface area contributed by atoms with Crippen molar-refractivity contribution < 1.29 is 17.6 Å². The number of furan rings is 1. The summed E-state index contributed by atoms with van der Waals surface area (Å²) in [6.45, 7) is 2.86. The molecule has 0 aliphatic heterocycles. The molecule has 0 aliphatic carbocycles. The third kappa shape index (κ3) is 1.56. The predicted molar refractivity (Wildman–Crippen MR) is 33.2 cm³/mol. The second kappa shape index (κ2) is 2.29. The molecular formula is C7H7F3O. The molecule has 0 radical (unpaired) electrons. The van der Waals surface area contributed by atoms with Gasteiger partial charge in [-0.3, -0.25) is 0 Å². The Labute approximate surface area is 61.8 Å². The lowest BCUT2D eigenvalue weighted by atomic mass is 10.2. The summed E-state index contributed by atoms with van der Waals surface area (Å²) in [4.78, 5) is 0. The van der Waals surface area contributed by atoms with Gasteiger partial charge in [0.05, 0.1) is 0 Å². The molecule has 0 aromatic carbocycles. The van der Waals surface area contributed by atoms with E-state index in [0.29, 0.717) is 0 Å². The van der Waals surface area contributed by atoms with Crippen LogP contribution in [0, 0.1) is 13.8 Å². The van der Waals surface area contributed by atoms with Crippen molar-refractivity contribution in [2.75, 3.05) is 0 Å². The van der Waals surface area contributed by atoms with Crippen LogP contribution in [0.3, 0.4) is 0 Å². The van der Waals surface area contributed by atoms with E-state index in [9.17, 15) is 13.2 Å². The number of alkyl halides is 3. The van der Waals surface area contributed by atoms with E-state index in [4.69, 9.17) is 0 Å². The lowest BCUT2D eigenvalue weighted by Gasteiger charge is -2.01. The molecule has 0 saturated heterocycles. The maximum Gasteiger partial charge on any atom is 0.449 e. The molecule has 11 heavy (non-hydrogen) atoms. The van der Waals surface area contributed by atoms with E-state index < -0.39 is 11.9 Å². The minimum Gasteiger partial charge on any atom is -0.457 e. The van der Waals surface area contributed by atoms with Gasteiger partial charge in [-0.05, 0) is 19.9 Å². The van der Waals surface area contributed by atoms with Crippen LogP contribution in [0.25, 0.3) is 0 Å². The monoisotopic (exact) mass is 164 g/mol. The van der Waals surface area contributed by atoms with Crippen LogP contribution in [0.2, 0.25) is 0 Å². The number of aryl methyl sites for hydroxylation is 2. The maximum atomic E-state index is 12.0. The first-order valence-electron chi connectivity index (χ1n) is 3.05. The van der Waals surface area contributed by atoms with E-state index in [1.165, 1.54) is 19.9 Å². The summed E-state index contributed by atoms with van der Waals surface area (Å²) in [6, 6.07) is 1.36. The Morgan fingerprint density at radius 3 is 2.00 bits per heavy atom. The van der Waals surface area contributed by atoms with Crippen LogP contribution in [0.15, 0.2) is 10.5 Å². The van der Waals surface area contributed by atoms with Crippen molar-refractivity contribution in [3.63, 3.8) is 0 Å². The van der Waals surface area contributed by atoms with Crippen LogP contribution in [0.4, 0.5) is 13.2 Å². The molecule has 0 aliphatic rings. The van der Waals surface area contributed by atoms with Crippen LogP contribution in [0.5, 0.6) is 0 Å². The molecule has 0 amide bonds. The van der Waals surface area contributed by atoms with Crippen LogP contribution in [0.1, 0.15) is 17.1 Å². The average molecular weight is 164 g/mol. The number of halogens is 3. The molecule has 62 valence electrons. The normalized spacial score (nSPS) is 12.1. The second-order valence-electron chi connectivity index (χ2n) is 2.37. The Morgan fingerprint density at radius 2 is 1.82 bits per heavy atom. The van der Waals surface area contributed by atoms with E-state index in [0.717, 1.165) is 0 Å². The topological polar surface area (TPSA) is 13.1 Å². The predicted octanol–water partition coefficient (Wildman–Crippen LogP) is 2.92. The van der Waals surface area contributed by atoms with Crippen molar-refractivity contribution >= 4 is 0 Å².